The highest BCUT2D eigenvalue weighted by atomic mass is 19.1. The van der Waals surface area contributed by atoms with E-state index in [9.17, 15) is 24.0 Å². The van der Waals surface area contributed by atoms with Gasteiger partial charge < -0.3 is 10.2 Å². The van der Waals surface area contributed by atoms with Crippen LogP contribution in [-0.4, -0.2) is 40.4 Å². The van der Waals surface area contributed by atoms with Crippen LogP contribution in [0.3, 0.4) is 0 Å². The van der Waals surface area contributed by atoms with Crippen molar-refractivity contribution in [3.05, 3.63) is 90.2 Å². The first-order valence-electron chi connectivity index (χ1n) is 15.3. The van der Waals surface area contributed by atoms with Gasteiger partial charge in [0.25, 0.3) is 0 Å². The number of hydrogen-bond donors (Lipinski definition) is 3. The molecule has 0 aromatic heterocycles. The van der Waals surface area contributed by atoms with Crippen molar-refractivity contribution in [2.75, 3.05) is 11.9 Å². The van der Waals surface area contributed by atoms with E-state index in [0.29, 0.717) is 37.9 Å². The number of carbonyl (C=O) groups excluding carboxylic acids is 3. The van der Waals surface area contributed by atoms with E-state index in [1.807, 2.05) is 54.6 Å². The van der Waals surface area contributed by atoms with Gasteiger partial charge in [-0.05, 0) is 85.4 Å². The molecule has 3 N–H and O–H groups in total. The number of halogens is 1. The van der Waals surface area contributed by atoms with Gasteiger partial charge in [0.1, 0.15) is 11.9 Å². The van der Waals surface area contributed by atoms with Gasteiger partial charge in [-0.15, -0.1) is 0 Å². The SMILES string of the molecule is O=C(CC1(CCCc2ccc(-c3ccc(F)cc3)cc2)CCN(C(C(=O)Nc2ccccc2)C2CCCCC2)C1=O)NO. The largest absolute Gasteiger partial charge is 0.330 e. The minimum atomic E-state index is -0.985. The predicted octanol–water partition coefficient (Wildman–Crippen LogP) is 6.52. The van der Waals surface area contributed by atoms with E-state index in [1.54, 1.807) is 22.5 Å². The van der Waals surface area contributed by atoms with Crippen LogP contribution in [0.4, 0.5) is 10.1 Å². The number of nitrogens with zero attached hydrogens (tertiary/aromatic N) is 1. The highest BCUT2D eigenvalue weighted by Gasteiger charge is 2.51. The monoisotopic (exact) mass is 585 g/mol. The molecular formula is C35H40FN3O4. The highest BCUT2D eigenvalue weighted by molar-refractivity contribution is 5.99. The highest BCUT2D eigenvalue weighted by Crippen LogP contribution is 2.43. The van der Waals surface area contributed by atoms with Crippen molar-refractivity contribution < 1.29 is 24.0 Å². The summed E-state index contributed by atoms with van der Waals surface area (Å²) in [6.45, 7) is 0.396. The molecule has 226 valence electrons. The van der Waals surface area contributed by atoms with E-state index in [4.69, 9.17) is 0 Å². The summed E-state index contributed by atoms with van der Waals surface area (Å²) in [6.07, 6.45) is 7.11. The normalized spacial score (nSPS) is 19.7. The molecule has 0 bridgehead atoms. The maximum absolute atomic E-state index is 14.2. The van der Waals surface area contributed by atoms with Crippen molar-refractivity contribution in [1.29, 1.82) is 0 Å². The predicted molar refractivity (Wildman–Crippen MR) is 164 cm³/mol. The summed E-state index contributed by atoms with van der Waals surface area (Å²) in [7, 11) is 0. The minimum Gasteiger partial charge on any atom is -0.330 e. The van der Waals surface area contributed by atoms with E-state index < -0.39 is 17.4 Å². The average molecular weight is 586 g/mol. The lowest BCUT2D eigenvalue weighted by molar-refractivity contribution is -0.147. The zero-order valence-electron chi connectivity index (χ0n) is 24.4. The quantitative estimate of drug-likeness (QED) is 0.176. The molecule has 2 unspecified atom stereocenters. The second-order valence-electron chi connectivity index (χ2n) is 12.0. The molecular weight excluding hydrogens is 545 g/mol. The molecule has 1 heterocycles. The van der Waals surface area contributed by atoms with Gasteiger partial charge >= 0.3 is 0 Å². The van der Waals surface area contributed by atoms with Crippen molar-refractivity contribution >= 4 is 23.4 Å². The van der Waals surface area contributed by atoms with Gasteiger partial charge in [-0.1, -0.05) is 73.9 Å². The Morgan fingerprint density at radius 1 is 0.930 bits per heavy atom. The summed E-state index contributed by atoms with van der Waals surface area (Å²) in [4.78, 5) is 42.2. The molecule has 3 amide bonds. The molecule has 2 fully saturated rings. The number of rotatable bonds is 11. The number of likely N-dealkylation sites (tertiary alicyclic amines) is 1. The van der Waals surface area contributed by atoms with Crippen LogP contribution in [-0.2, 0) is 20.8 Å². The zero-order chi connectivity index (χ0) is 30.2. The third kappa shape index (κ3) is 7.31. The molecule has 43 heavy (non-hydrogen) atoms. The second-order valence-corrected chi connectivity index (χ2v) is 12.0. The standard InChI is InChI=1S/C35H40FN3O4/c36-29-19-17-27(18-20-29)26-15-13-25(14-16-26)8-7-21-35(24-31(40)38-43)22-23-39(34(35)42)32(28-9-3-1-4-10-28)33(41)37-30-11-5-2-6-12-30/h2,5-6,11-20,28,32,43H,1,3-4,7-10,21-24H2,(H,37,41)(H,38,40). The fraction of sp³-hybridized carbons (Fsp3) is 0.400. The molecule has 1 saturated heterocycles. The van der Waals surface area contributed by atoms with Crippen molar-refractivity contribution in [3.8, 4) is 11.1 Å². The van der Waals surface area contributed by atoms with Gasteiger partial charge in [0.05, 0.1) is 5.41 Å². The van der Waals surface area contributed by atoms with E-state index in [-0.39, 0.29) is 30.0 Å². The summed E-state index contributed by atoms with van der Waals surface area (Å²) < 4.78 is 13.3. The van der Waals surface area contributed by atoms with Gasteiger partial charge in [0.15, 0.2) is 0 Å². The van der Waals surface area contributed by atoms with E-state index in [1.165, 1.54) is 12.1 Å². The van der Waals surface area contributed by atoms with Gasteiger partial charge in [-0.2, -0.15) is 0 Å². The number of hydrogen-bond acceptors (Lipinski definition) is 4. The summed E-state index contributed by atoms with van der Waals surface area (Å²) in [5, 5.41) is 12.4. The number of anilines is 1. The summed E-state index contributed by atoms with van der Waals surface area (Å²) in [6, 6.07) is 23.1. The van der Waals surface area contributed by atoms with Crippen LogP contribution < -0.4 is 10.8 Å². The first-order valence-corrected chi connectivity index (χ1v) is 15.3. The van der Waals surface area contributed by atoms with Crippen LogP contribution >= 0.6 is 0 Å². The topological polar surface area (TPSA) is 98.7 Å². The van der Waals surface area contributed by atoms with E-state index in [0.717, 1.165) is 48.8 Å². The van der Waals surface area contributed by atoms with Gasteiger partial charge in [0.2, 0.25) is 17.7 Å². The van der Waals surface area contributed by atoms with Gasteiger partial charge in [-0.25, -0.2) is 9.87 Å². The molecule has 2 atom stereocenters. The lowest BCUT2D eigenvalue weighted by atomic mass is 9.77. The first-order chi connectivity index (χ1) is 20.9. The number of carbonyl (C=O) groups is 3. The molecule has 1 aliphatic carbocycles. The molecule has 3 aromatic carbocycles. The molecule has 1 aliphatic heterocycles. The van der Waals surface area contributed by atoms with Gasteiger partial charge in [0, 0.05) is 18.7 Å². The Morgan fingerprint density at radius 3 is 2.23 bits per heavy atom. The molecule has 5 rings (SSSR count). The van der Waals surface area contributed by atoms with Crippen LogP contribution in [0.1, 0.15) is 63.4 Å². The molecule has 0 radical (unpaired) electrons. The fourth-order valence-corrected chi connectivity index (χ4v) is 6.88. The van der Waals surface area contributed by atoms with Crippen LogP contribution in [0.15, 0.2) is 78.9 Å². The number of hydroxylamine groups is 1. The number of aryl methyl sites for hydroxylation is 1. The summed E-state index contributed by atoms with van der Waals surface area (Å²) in [5.74, 6) is -1.17. The molecule has 3 aromatic rings. The first kappa shape index (κ1) is 30.4. The minimum absolute atomic E-state index is 0.0588. The van der Waals surface area contributed by atoms with Crippen LogP contribution in [0.5, 0.6) is 0 Å². The van der Waals surface area contributed by atoms with Crippen LogP contribution in [0, 0.1) is 17.2 Å². The van der Waals surface area contributed by atoms with Gasteiger partial charge in [-0.3, -0.25) is 19.6 Å². The fourth-order valence-electron chi connectivity index (χ4n) is 6.88. The molecule has 2 aliphatic rings. The third-order valence-corrected chi connectivity index (χ3v) is 9.16. The number of benzene rings is 3. The van der Waals surface area contributed by atoms with Crippen molar-refractivity contribution in [1.82, 2.24) is 10.4 Å². The van der Waals surface area contributed by atoms with E-state index >= 15 is 0 Å². The van der Waals surface area contributed by atoms with Crippen molar-refractivity contribution in [2.24, 2.45) is 11.3 Å². The van der Waals surface area contributed by atoms with Crippen molar-refractivity contribution in [3.63, 3.8) is 0 Å². The smallest absolute Gasteiger partial charge is 0.247 e. The lowest BCUT2D eigenvalue weighted by Gasteiger charge is -2.37. The Labute approximate surface area is 252 Å². The molecule has 0 spiro atoms. The number of amides is 3. The molecule has 7 nitrogen and oxygen atoms in total. The third-order valence-electron chi connectivity index (χ3n) is 9.16. The number of nitrogens with one attached hydrogen (secondary N) is 2. The van der Waals surface area contributed by atoms with E-state index in [2.05, 4.69) is 5.32 Å². The Morgan fingerprint density at radius 2 is 1.58 bits per heavy atom. The maximum atomic E-state index is 14.2. The summed E-state index contributed by atoms with van der Waals surface area (Å²) in [5.41, 5.74) is 4.44. The Hall–Kier alpha value is -4.04. The summed E-state index contributed by atoms with van der Waals surface area (Å²) >= 11 is 0. The van der Waals surface area contributed by atoms with Crippen LogP contribution in [0.2, 0.25) is 0 Å². The lowest BCUT2D eigenvalue weighted by Crippen LogP contribution is -2.52. The second kappa shape index (κ2) is 14.0. The molecule has 1 saturated carbocycles. The average Bonchev–Trinajstić information content (AvgIpc) is 3.33. The maximum Gasteiger partial charge on any atom is 0.247 e. The number of para-hydroxylation sites is 1. The Balaban J connectivity index is 1.31. The Bertz CT molecular complexity index is 1390. The van der Waals surface area contributed by atoms with Crippen LogP contribution in [0.25, 0.3) is 11.1 Å². The zero-order valence-corrected chi connectivity index (χ0v) is 24.4. The Kier molecular flexibility index (Phi) is 9.87. The van der Waals surface area contributed by atoms with Crippen molar-refractivity contribution in [2.45, 2.75) is 70.3 Å². The molecule has 8 heteroatoms.